The summed E-state index contributed by atoms with van der Waals surface area (Å²) in [5, 5.41) is 0. The highest BCUT2D eigenvalue weighted by Gasteiger charge is 2.26. The zero-order valence-corrected chi connectivity index (χ0v) is 49.0. The summed E-state index contributed by atoms with van der Waals surface area (Å²) in [4.78, 5) is 23.1. The second kappa shape index (κ2) is 55.6. The van der Waals surface area contributed by atoms with Crippen molar-refractivity contribution < 1.29 is 37.3 Å². The Hall–Kier alpha value is -2.58. The van der Waals surface area contributed by atoms with Gasteiger partial charge in [-0.15, -0.1) is 0 Å². The van der Waals surface area contributed by atoms with E-state index in [1.807, 2.05) is 21.1 Å². The second-order valence-electron chi connectivity index (χ2n) is 21.0. The van der Waals surface area contributed by atoms with E-state index in [0.29, 0.717) is 24.1 Å². The first kappa shape index (κ1) is 70.4. The lowest BCUT2D eigenvalue weighted by Gasteiger charge is -2.24. The molecule has 0 heterocycles. The zero-order valence-electron chi connectivity index (χ0n) is 48.1. The molecule has 422 valence electrons. The maximum Gasteiger partial charge on any atom is 0.472 e. The lowest BCUT2D eigenvalue weighted by Crippen LogP contribution is -2.37. The molecular weight excluding hydrogens is 926 g/mol. The molecule has 0 radical (unpaired) electrons. The van der Waals surface area contributed by atoms with Crippen LogP contribution >= 0.6 is 7.82 Å². The minimum atomic E-state index is -4.30. The van der Waals surface area contributed by atoms with Crippen molar-refractivity contribution in [3.63, 3.8) is 0 Å². The Labute approximate surface area is 451 Å². The number of hydrogen-bond donors (Lipinski definition) is 1. The molecule has 0 saturated heterocycles. The van der Waals surface area contributed by atoms with Gasteiger partial charge < -0.3 is 18.9 Å². The van der Waals surface area contributed by atoms with Gasteiger partial charge in [0.25, 0.3) is 0 Å². The van der Waals surface area contributed by atoms with Gasteiger partial charge in [-0.2, -0.15) is 0 Å². The Morgan fingerprint density at radius 3 is 1.19 bits per heavy atom. The van der Waals surface area contributed by atoms with Crippen LogP contribution in [0.4, 0.5) is 0 Å². The van der Waals surface area contributed by atoms with Crippen molar-refractivity contribution in [2.24, 2.45) is 0 Å². The summed E-state index contributed by atoms with van der Waals surface area (Å²) in [6, 6.07) is 0. The average molecular weight is 1040 g/mol. The number of rotatable bonds is 55. The molecule has 0 bridgehead atoms. The third-order valence-electron chi connectivity index (χ3n) is 12.6. The highest BCUT2D eigenvalue weighted by atomic mass is 31.2. The minimum Gasteiger partial charge on any atom is -0.457 e. The van der Waals surface area contributed by atoms with Crippen LogP contribution in [0.15, 0.2) is 97.2 Å². The summed E-state index contributed by atoms with van der Waals surface area (Å²) in [5.41, 5.74) is 0. The van der Waals surface area contributed by atoms with Crippen LogP contribution in [0.1, 0.15) is 245 Å². The van der Waals surface area contributed by atoms with E-state index in [-0.39, 0.29) is 25.8 Å². The van der Waals surface area contributed by atoms with Crippen molar-refractivity contribution in [2.45, 2.75) is 251 Å². The molecule has 0 aromatic rings. The van der Waals surface area contributed by atoms with Gasteiger partial charge in [0.15, 0.2) is 0 Å². The quantitative estimate of drug-likeness (QED) is 0.0213. The number of carbonyl (C=O) groups excluding carboxylic acids is 1. The minimum absolute atomic E-state index is 0.0816. The molecule has 0 aromatic heterocycles. The fourth-order valence-corrected chi connectivity index (χ4v) is 8.80. The van der Waals surface area contributed by atoms with E-state index in [1.165, 1.54) is 141 Å². The van der Waals surface area contributed by atoms with Crippen LogP contribution in [-0.4, -0.2) is 75.6 Å². The normalized spacial score (nSPS) is 14.1. The van der Waals surface area contributed by atoms with Crippen molar-refractivity contribution in [1.29, 1.82) is 0 Å². The van der Waals surface area contributed by atoms with Gasteiger partial charge in [-0.25, -0.2) is 4.57 Å². The standard InChI is InChI=1S/C64H114NO7P/c1-6-8-10-12-14-16-18-20-22-24-26-28-30-32-34-36-38-40-42-44-46-48-50-52-54-56-59-69-61-63(62-71-73(67,68)70-60-58-65(3,4)5)72-64(66)57-55-53-51-49-47-45-43-41-39-37-35-33-31-29-27-25-23-21-19-17-15-13-11-9-7-2/h8,10,14,16,19-22,25-28,32,34,38,40,63H,6-7,9,11-13,15,17-18,23-24,29-31,33,35-37,39,41-62H2,1-5H3/p+1/b10-8-,16-14-,21-19-,22-20-,27-25-,28-26-,34-32-,40-38-. The van der Waals surface area contributed by atoms with E-state index in [0.717, 1.165) is 83.5 Å². The van der Waals surface area contributed by atoms with Crippen molar-refractivity contribution in [3.05, 3.63) is 97.2 Å². The maximum absolute atomic E-state index is 12.8. The molecule has 0 saturated carbocycles. The fraction of sp³-hybridized carbons (Fsp3) is 0.734. The predicted molar refractivity (Wildman–Crippen MR) is 316 cm³/mol. The number of quaternary nitrogens is 1. The van der Waals surface area contributed by atoms with Gasteiger partial charge in [0, 0.05) is 13.0 Å². The molecule has 0 amide bonds. The van der Waals surface area contributed by atoms with Gasteiger partial charge in [-0.1, -0.05) is 239 Å². The van der Waals surface area contributed by atoms with Crippen LogP contribution in [0, 0.1) is 0 Å². The Kier molecular flexibility index (Phi) is 53.7. The molecule has 0 aromatic carbocycles. The number of unbranched alkanes of at least 4 members (excludes halogenated alkanes) is 25. The van der Waals surface area contributed by atoms with E-state index in [1.54, 1.807) is 0 Å². The predicted octanol–water partition coefficient (Wildman–Crippen LogP) is 19.3. The number of phosphoric ester groups is 1. The number of carbonyl (C=O) groups is 1. The molecule has 0 rings (SSSR count). The Morgan fingerprint density at radius 2 is 0.795 bits per heavy atom. The Bertz CT molecular complexity index is 1490. The number of ether oxygens (including phenoxy) is 2. The van der Waals surface area contributed by atoms with E-state index in [9.17, 15) is 14.3 Å². The van der Waals surface area contributed by atoms with Crippen LogP contribution < -0.4 is 0 Å². The van der Waals surface area contributed by atoms with E-state index in [2.05, 4.69) is 111 Å². The first-order valence-electron chi connectivity index (χ1n) is 30.0. The summed E-state index contributed by atoms with van der Waals surface area (Å²) in [6.45, 7) is 5.48. The summed E-state index contributed by atoms with van der Waals surface area (Å²) in [6.07, 6.45) is 77.6. The van der Waals surface area contributed by atoms with E-state index >= 15 is 0 Å². The SMILES string of the molecule is CC/C=C\C/C=C\C/C=C\C/C=C\C/C=C\C/C=C\CCCCCCCCCOCC(COP(=O)(O)OCC[N+](C)(C)C)OC(=O)CCCCCCCCCCCCCCC/C=C\C/C=C\CCCCCCC. The van der Waals surface area contributed by atoms with Crippen LogP contribution in [-0.2, 0) is 27.9 Å². The molecule has 9 heteroatoms. The van der Waals surface area contributed by atoms with E-state index < -0.39 is 13.9 Å². The highest BCUT2D eigenvalue weighted by molar-refractivity contribution is 7.47. The molecule has 8 nitrogen and oxygen atoms in total. The van der Waals surface area contributed by atoms with Crippen LogP contribution in [0.2, 0.25) is 0 Å². The summed E-state index contributed by atoms with van der Waals surface area (Å²) in [5.74, 6) is -0.320. The third kappa shape index (κ3) is 60.2. The van der Waals surface area contributed by atoms with Crippen LogP contribution in [0.25, 0.3) is 0 Å². The highest BCUT2D eigenvalue weighted by Crippen LogP contribution is 2.43. The van der Waals surface area contributed by atoms with Gasteiger partial charge in [0.05, 0.1) is 34.4 Å². The Balaban J connectivity index is 4.11. The topological polar surface area (TPSA) is 91.3 Å². The average Bonchev–Trinajstić information content (AvgIpc) is 3.35. The lowest BCUT2D eigenvalue weighted by molar-refractivity contribution is -0.870. The third-order valence-corrected chi connectivity index (χ3v) is 13.6. The fourth-order valence-electron chi connectivity index (χ4n) is 8.06. The van der Waals surface area contributed by atoms with Crippen LogP contribution in [0.5, 0.6) is 0 Å². The number of nitrogens with zero attached hydrogens (tertiary/aromatic N) is 1. The van der Waals surface area contributed by atoms with Crippen LogP contribution in [0.3, 0.4) is 0 Å². The van der Waals surface area contributed by atoms with Gasteiger partial charge >= 0.3 is 13.8 Å². The monoisotopic (exact) mass is 1040 g/mol. The summed E-state index contributed by atoms with van der Waals surface area (Å²) < 4.78 is 35.3. The second-order valence-corrected chi connectivity index (χ2v) is 22.4. The number of phosphoric acid groups is 1. The molecule has 0 aliphatic carbocycles. The first-order valence-corrected chi connectivity index (χ1v) is 31.5. The van der Waals surface area contributed by atoms with Gasteiger partial charge in [0.1, 0.15) is 19.3 Å². The molecule has 2 atom stereocenters. The van der Waals surface area contributed by atoms with Crippen molar-refractivity contribution in [1.82, 2.24) is 0 Å². The number of likely N-dealkylation sites (N-methyl/N-ethyl adjacent to an activating group) is 1. The smallest absolute Gasteiger partial charge is 0.457 e. The Morgan fingerprint density at radius 1 is 0.438 bits per heavy atom. The maximum atomic E-state index is 12.8. The summed E-state index contributed by atoms with van der Waals surface area (Å²) in [7, 11) is 1.65. The summed E-state index contributed by atoms with van der Waals surface area (Å²) >= 11 is 0. The molecular formula is C64H115NO7P+. The molecule has 73 heavy (non-hydrogen) atoms. The van der Waals surface area contributed by atoms with Gasteiger partial charge in [0.2, 0.25) is 0 Å². The zero-order chi connectivity index (χ0) is 53.3. The number of esters is 1. The molecule has 0 spiro atoms. The largest absolute Gasteiger partial charge is 0.472 e. The van der Waals surface area contributed by atoms with Gasteiger partial charge in [-0.05, 0) is 96.3 Å². The molecule has 0 aliphatic heterocycles. The number of hydrogen-bond acceptors (Lipinski definition) is 6. The molecule has 2 unspecified atom stereocenters. The molecule has 1 N–H and O–H groups in total. The lowest BCUT2D eigenvalue weighted by atomic mass is 10.0. The van der Waals surface area contributed by atoms with Crippen molar-refractivity contribution >= 4 is 13.8 Å². The number of allylic oxidation sites excluding steroid dienone is 16. The first-order chi connectivity index (χ1) is 35.6. The van der Waals surface area contributed by atoms with Crippen molar-refractivity contribution in [2.75, 3.05) is 54.1 Å². The van der Waals surface area contributed by atoms with Gasteiger partial charge in [-0.3, -0.25) is 13.8 Å². The van der Waals surface area contributed by atoms with Crippen molar-refractivity contribution in [3.8, 4) is 0 Å². The van der Waals surface area contributed by atoms with E-state index in [4.69, 9.17) is 18.5 Å². The molecule has 0 fully saturated rings. The molecule has 0 aliphatic rings.